The molecule has 0 saturated heterocycles. The Bertz CT molecular complexity index is 3720. The molecule has 0 saturated carbocycles. The van der Waals surface area contributed by atoms with Crippen molar-refractivity contribution in [2.45, 2.75) is 0 Å². The summed E-state index contributed by atoms with van der Waals surface area (Å²) in [6.45, 7) is 0. The van der Waals surface area contributed by atoms with Crippen LogP contribution in [0.5, 0.6) is 51.7 Å². The lowest BCUT2D eigenvalue weighted by molar-refractivity contribution is 0.330. The third-order valence-corrected chi connectivity index (χ3v) is 12.0. The summed E-state index contributed by atoms with van der Waals surface area (Å²) in [6, 6.07) is 40.5. The highest BCUT2D eigenvalue weighted by atomic mass is 16.4. The van der Waals surface area contributed by atoms with Crippen molar-refractivity contribution in [1.82, 2.24) is 19.5 Å². The molecule has 320 valence electrons. The molecule has 0 spiro atoms. The zero-order valence-electron chi connectivity index (χ0n) is 34.4. The van der Waals surface area contributed by atoms with Crippen molar-refractivity contribution in [3.05, 3.63) is 133 Å². The summed E-state index contributed by atoms with van der Waals surface area (Å²) in [7, 11) is 1.30. The monoisotopic (exact) mass is 872 g/mol. The maximum atomic E-state index is 11.4. The number of benzene rings is 8. The van der Waals surface area contributed by atoms with Crippen molar-refractivity contribution in [1.29, 1.82) is 0 Å². The minimum absolute atomic E-state index is 0.0449. The van der Waals surface area contributed by atoms with Crippen LogP contribution >= 0.6 is 0 Å². The van der Waals surface area contributed by atoms with Gasteiger partial charge in [-0.3, -0.25) is 0 Å². The van der Waals surface area contributed by atoms with Crippen molar-refractivity contribution in [3.8, 4) is 114 Å². The highest BCUT2D eigenvalue weighted by Crippen LogP contribution is 2.58. The molecule has 9 N–H and O–H groups in total. The molecule has 11 aromatic rings. The molecule has 0 atom stereocenters. The van der Waals surface area contributed by atoms with Gasteiger partial charge in [-0.25, -0.2) is 15.0 Å². The number of furan rings is 1. The molecule has 0 unspecified atom stereocenters. The number of phenols is 9. The highest BCUT2D eigenvalue weighted by Gasteiger charge is 2.30. The first kappa shape index (κ1) is 39.5. The van der Waals surface area contributed by atoms with Gasteiger partial charge in [0.25, 0.3) is 0 Å². The van der Waals surface area contributed by atoms with Gasteiger partial charge < -0.3 is 54.9 Å². The van der Waals surface area contributed by atoms with Crippen LogP contribution in [0.2, 0.25) is 0 Å². The number of rotatable bonds is 6. The van der Waals surface area contributed by atoms with Crippen molar-refractivity contribution in [3.63, 3.8) is 0 Å². The van der Waals surface area contributed by atoms with E-state index in [1.165, 1.54) is 13.9 Å². The molecule has 11 rings (SSSR count). The molecular formula is C51H33BN4O10. The minimum Gasteiger partial charge on any atom is -0.505 e. The molecule has 0 aliphatic heterocycles. The van der Waals surface area contributed by atoms with Crippen LogP contribution in [-0.4, -0.2) is 73.3 Å². The van der Waals surface area contributed by atoms with Gasteiger partial charge in [0.15, 0.2) is 57.6 Å². The van der Waals surface area contributed by atoms with Gasteiger partial charge in [-0.15, -0.1) is 0 Å². The minimum atomic E-state index is -1.17. The van der Waals surface area contributed by atoms with E-state index < -0.39 is 62.9 Å². The van der Waals surface area contributed by atoms with E-state index in [9.17, 15) is 46.0 Å². The molecule has 0 radical (unpaired) electrons. The van der Waals surface area contributed by atoms with Gasteiger partial charge >= 0.3 is 0 Å². The van der Waals surface area contributed by atoms with E-state index in [-0.39, 0.29) is 16.6 Å². The van der Waals surface area contributed by atoms with E-state index in [0.29, 0.717) is 67.1 Å². The van der Waals surface area contributed by atoms with Crippen molar-refractivity contribution in [2.75, 3.05) is 0 Å². The van der Waals surface area contributed by atoms with Crippen LogP contribution < -0.4 is 5.46 Å². The SMILES string of the molecule is Bc1c(O)c(O)c(-c2cc(-c3c(O)c(O)c(O)c(O)c3O)c3c4ccccc4n(-c4cccc5c4oc4ccc(-c6nc(-c7ccccc7)nc(-c7ccccc7)n6)cc45)c3c2)c(O)c1O. The number of nitrogens with zero attached hydrogens (tertiary/aromatic N) is 4. The van der Waals surface area contributed by atoms with Gasteiger partial charge in [-0.05, 0) is 48.0 Å². The molecule has 3 aromatic heterocycles. The fourth-order valence-corrected chi connectivity index (χ4v) is 8.76. The topological polar surface area (TPSA) is 239 Å². The Morgan fingerprint density at radius 3 is 1.56 bits per heavy atom. The normalized spacial score (nSPS) is 11.6. The van der Waals surface area contributed by atoms with Gasteiger partial charge in [0.05, 0.1) is 27.8 Å². The van der Waals surface area contributed by atoms with E-state index in [4.69, 9.17) is 19.4 Å². The Balaban J connectivity index is 1.19. The maximum Gasteiger partial charge on any atom is 0.208 e. The number of aromatic hydroxyl groups is 9. The lowest BCUT2D eigenvalue weighted by atomic mass is 9.87. The summed E-state index contributed by atoms with van der Waals surface area (Å²) < 4.78 is 8.51. The first-order valence-corrected chi connectivity index (χ1v) is 20.5. The Morgan fingerprint density at radius 2 is 0.939 bits per heavy atom. The maximum absolute atomic E-state index is 11.4. The van der Waals surface area contributed by atoms with Gasteiger partial charge in [0.1, 0.15) is 13.4 Å². The third kappa shape index (κ3) is 5.80. The number of hydrogen-bond donors (Lipinski definition) is 9. The summed E-state index contributed by atoms with van der Waals surface area (Å²) in [4.78, 5) is 14.7. The van der Waals surface area contributed by atoms with Crippen LogP contribution in [0.3, 0.4) is 0 Å². The molecule has 0 aliphatic carbocycles. The number of phenolic OH excluding ortho intramolecular Hbond substituents is 9. The second-order valence-corrected chi connectivity index (χ2v) is 15.8. The van der Waals surface area contributed by atoms with Gasteiger partial charge in [-0.1, -0.05) is 91.0 Å². The fraction of sp³-hybridized carbons (Fsp3) is 0. The van der Waals surface area contributed by atoms with Crippen LogP contribution in [-0.2, 0) is 0 Å². The molecular weight excluding hydrogens is 839 g/mol. The molecule has 8 aromatic carbocycles. The van der Waals surface area contributed by atoms with Gasteiger partial charge in [0.2, 0.25) is 17.2 Å². The average Bonchev–Trinajstić information content (AvgIpc) is 3.90. The Labute approximate surface area is 373 Å². The van der Waals surface area contributed by atoms with Gasteiger partial charge in [-0.2, -0.15) is 0 Å². The Kier molecular flexibility index (Phi) is 8.74. The zero-order valence-corrected chi connectivity index (χ0v) is 34.4. The summed E-state index contributed by atoms with van der Waals surface area (Å²) in [6.07, 6.45) is 0. The molecule has 14 nitrogen and oxygen atoms in total. The predicted molar refractivity (Wildman–Crippen MR) is 252 cm³/mol. The van der Waals surface area contributed by atoms with E-state index in [1.54, 1.807) is 24.3 Å². The van der Waals surface area contributed by atoms with Crippen molar-refractivity contribution >= 4 is 57.1 Å². The number of para-hydroxylation sites is 2. The third-order valence-electron chi connectivity index (χ3n) is 12.0. The Morgan fingerprint density at radius 1 is 0.409 bits per heavy atom. The fourth-order valence-electron chi connectivity index (χ4n) is 8.76. The molecule has 66 heavy (non-hydrogen) atoms. The zero-order chi connectivity index (χ0) is 45.7. The molecule has 0 bridgehead atoms. The van der Waals surface area contributed by atoms with E-state index in [2.05, 4.69) is 0 Å². The highest BCUT2D eigenvalue weighted by molar-refractivity contribution is 6.37. The lowest BCUT2D eigenvalue weighted by Gasteiger charge is -2.18. The second kappa shape index (κ2) is 14.6. The van der Waals surface area contributed by atoms with E-state index in [1.807, 2.05) is 108 Å². The largest absolute Gasteiger partial charge is 0.505 e. The number of hydrogen-bond acceptors (Lipinski definition) is 13. The molecule has 0 amide bonds. The standard InChI is InChI=1S/C51H33BN4O10/c52-38-43(61)39(57)35(40(58)44(38)62)26-21-30(37-41(59)45(63)47(65)46(64)42(37)60)36-28-14-7-8-16-31(28)56(33(36)22-26)32-17-9-15-27-29-20-25(18-19-34(29)66-48(27)32)51-54-49(23-10-3-1-4-11-23)53-50(55-51)24-12-5-2-6-13-24/h1-22,57-65H,52H2. The van der Waals surface area contributed by atoms with Crippen LogP contribution in [0.15, 0.2) is 138 Å². The number of fused-ring (bicyclic) bond motifs is 6. The average molecular weight is 873 g/mol. The summed E-state index contributed by atoms with van der Waals surface area (Å²) in [5, 5.41) is 101. The van der Waals surface area contributed by atoms with Crippen molar-refractivity contribution < 1.29 is 50.4 Å². The lowest BCUT2D eigenvalue weighted by Crippen LogP contribution is -2.05. The van der Waals surface area contributed by atoms with Crippen molar-refractivity contribution in [2.24, 2.45) is 0 Å². The predicted octanol–water partition coefficient (Wildman–Crippen LogP) is 8.81. The van der Waals surface area contributed by atoms with Crippen LogP contribution in [0.4, 0.5) is 0 Å². The summed E-state index contributed by atoms with van der Waals surface area (Å²) in [5.74, 6) is -7.00. The number of aromatic nitrogens is 4. The molecule has 15 heteroatoms. The molecule has 3 heterocycles. The van der Waals surface area contributed by atoms with Gasteiger partial charge in [0, 0.05) is 49.3 Å². The summed E-state index contributed by atoms with van der Waals surface area (Å²) >= 11 is 0. The van der Waals surface area contributed by atoms with Crippen LogP contribution in [0.25, 0.3) is 106 Å². The van der Waals surface area contributed by atoms with E-state index in [0.717, 1.165) is 16.5 Å². The molecule has 0 aliphatic rings. The summed E-state index contributed by atoms with van der Waals surface area (Å²) in [5.41, 5.74) is 3.47. The Hall–Kier alpha value is -9.37. The van der Waals surface area contributed by atoms with Crippen LogP contribution in [0.1, 0.15) is 0 Å². The second-order valence-electron chi connectivity index (χ2n) is 15.8. The first-order valence-electron chi connectivity index (χ1n) is 20.5. The molecule has 0 fully saturated rings. The van der Waals surface area contributed by atoms with E-state index >= 15 is 0 Å². The van der Waals surface area contributed by atoms with Crippen LogP contribution in [0, 0.1) is 0 Å². The smallest absolute Gasteiger partial charge is 0.208 e. The quantitative estimate of drug-likeness (QED) is 0.0432. The first-order chi connectivity index (χ1) is 31.9.